The van der Waals surface area contributed by atoms with Crippen LogP contribution in [0.5, 0.6) is 0 Å². The first-order chi connectivity index (χ1) is 11.7. The van der Waals surface area contributed by atoms with Gasteiger partial charge in [0.05, 0.1) is 17.0 Å². The van der Waals surface area contributed by atoms with Gasteiger partial charge in [0.15, 0.2) is 0 Å². The van der Waals surface area contributed by atoms with E-state index < -0.39 is 18.1 Å². The van der Waals surface area contributed by atoms with Crippen LogP contribution in [0.3, 0.4) is 0 Å². The molecule has 1 amide bonds. The zero-order valence-corrected chi connectivity index (χ0v) is 13.7. The van der Waals surface area contributed by atoms with Crippen LogP contribution in [-0.4, -0.2) is 34.3 Å². The van der Waals surface area contributed by atoms with Crippen LogP contribution in [-0.2, 0) is 11.2 Å². The summed E-state index contributed by atoms with van der Waals surface area (Å²) >= 11 is 11.6. The molecule has 0 spiro atoms. The van der Waals surface area contributed by atoms with Crippen LogP contribution in [0.15, 0.2) is 18.2 Å². The Kier molecular flexibility index (Phi) is 4.38. The van der Waals surface area contributed by atoms with E-state index in [4.69, 9.17) is 23.2 Å². The van der Waals surface area contributed by atoms with Gasteiger partial charge in [-0.1, -0.05) is 23.2 Å². The molecule has 132 valence electrons. The second kappa shape index (κ2) is 6.23. The molecule has 0 aliphatic carbocycles. The number of hydrogen-bond donors (Lipinski definition) is 1. The van der Waals surface area contributed by atoms with Crippen molar-refractivity contribution in [1.82, 2.24) is 15.0 Å². The molecule has 0 saturated heterocycles. The number of rotatable bonds is 2. The number of carbonyl (C=O) groups excluding carboxylic acids is 2. The maximum atomic E-state index is 12.6. The van der Waals surface area contributed by atoms with E-state index in [9.17, 15) is 22.8 Å². The average molecular weight is 394 g/mol. The van der Waals surface area contributed by atoms with Crippen LogP contribution in [0.2, 0.25) is 10.3 Å². The Balaban J connectivity index is 2.17. The summed E-state index contributed by atoms with van der Waals surface area (Å²) in [6, 6.07) is 3.95. The lowest BCUT2D eigenvalue weighted by Gasteiger charge is -2.17. The highest BCUT2D eigenvalue weighted by Gasteiger charge is 2.43. The lowest BCUT2D eigenvalue weighted by Crippen LogP contribution is -2.37. The molecule has 0 unspecified atom stereocenters. The SMILES string of the molecule is O=C1NCCc2c1cc(-c1cc(Cl)nc(Cl)c1)n2OC(=O)C(F)(F)F. The van der Waals surface area contributed by atoms with E-state index in [-0.39, 0.29) is 45.8 Å². The third-order valence-corrected chi connectivity index (χ3v) is 3.80. The van der Waals surface area contributed by atoms with E-state index in [1.54, 1.807) is 0 Å². The lowest BCUT2D eigenvalue weighted by molar-refractivity contribution is -0.199. The van der Waals surface area contributed by atoms with Crippen LogP contribution in [0.1, 0.15) is 16.1 Å². The van der Waals surface area contributed by atoms with Crippen LogP contribution in [0.25, 0.3) is 11.3 Å². The van der Waals surface area contributed by atoms with Gasteiger partial charge < -0.3 is 10.2 Å². The molecule has 0 aromatic carbocycles. The Morgan fingerprint density at radius 3 is 2.48 bits per heavy atom. The summed E-state index contributed by atoms with van der Waals surface area (Å²) < 4.78 is 38.5. The zero-order chi connectivity index (χ0) is 18.4. The predicted octanol–water partition coefficient (Wildman–Crippen LogP) is 2.66. The summed E-state index contributed by atoms with van der Waals surface area (Å²) in [5.41, 5.74) is 0.494. The Labute approximate surface area is 148 Å². The number of alkyl halides is 3. The smallest absolute Gasteiger partial charge is 0.352 e. The lowest BCUT2D eigenvalue weighted by atomic mass is 10.1. The summed E-state index contributed by atoms with van der Waals surface area (Å²) in [5, 5.41) is 2.53. The number of halogens is 5. The van der Waals surface area contributed by atoms with Gasteiger partial charge in [0, 0.05) is 18.5 Å². The molecule has 0 bridgehead atoms. The molecule has 1 aliphatic rings. The number of aromatic nitrogens is 2. The molecular weight excluding hydrogens is 386 g/mol. The van der Waals surface area contributed by atoms with Gasteiger partial charge in [0.1, 0.15) is 10.3 Å². The molecule has 1 N–H and O–H groups in total. The van der Waals surface area contributed by atoms with Crippen molar-refractivity contribution in [2.75, 3.05) is 6.54 Å². The zero-order valence-electron chi connectivity index (χ0n) is 12.2. The molecule has 11 heteroatoms. The summed E-state index contributed by atoms with van der Waals surface area (Å²) in [4.78, 5) is 31.5. The highest BCUT2D eigenvalue weighted by atomic mass is 35.5. The molecule has 0 radical (unpaired) electrons. The van der Waals surface area contributed by atoms with Crippen molar-refractivity contribution in [2.45, 2.75) is 12.6 Å². The minimum Gasteiger partial charge on any atom is -0.352 e. The molecule has 3 heterocycles. The minimum atomic E-state index is -5.20. The first-order valence-electron chi connectivity index (χ1n) is 6.82. The summed E-state index contributed by atoms with van der Waals surface area (Å²) in [6.07, 6.45) is -5.02. The third-order valence-electron chi connectivity index (χ3n) is 3.41. The minimum absolute atomic E-state index is 0.0141. The fourth-order valence-electron chi connectivity index (χ4n) is 2.41. The fourth-order valence-corrected chi connectivity index (χ4v) is 2.87. The normalized spacial score (nSPS) is 14.0. The molecule has 2 aromatic heterocycles. The van der Waals surface area contributed by atoms with E-state index >= 15 is 0 Å². The van der Waals surface area contributed by atoms with Gasteiger partial charge >= 0.3 is 12.1 Å². The predicted molar refractivity (Wildman–Crippen MR) is 81.4 cm³/mol. The van der Waals surface area contributed by atoms with Crippen LogP contribution < -0.4 is 10.2 Å². The molecular formula is C14H8Cl2F3N3O3. The van der Waals surface area contributed by atoms with Crippen molar-refractivity contribution >= 4 is 35.1 Å². The largest absolute Gasteiger partial charge is 0.493 e. The second-order valence-corrected chi connectivity index (χ2v) is 5.84. The van der Waals surface area contributed by atoms with Crippen molar-refractivity contribution < 1.29 is 27.6 Å². The van der Waals surface area contributed by atoms with E-state index in [1.807, 2.05) is 0 Å². The number of carbonyl (C=O) groups is 2. The highest BCUT2D eigenvalue weighted by Crippen LogP contribution is 2.30. The molecule has 25 heavy (non-hydrogen) atoms. The number of amides is 1. The molecule has 0 saturated carbocycles. The number of fused-ring (bicyclic) bond motifs is 1. The summed E-state index contributed by atoms with van der Waals surface area (Å²) in [5.74, 6) is -2.90. The van der Waals surface area contributed by atoms with Crippen molar-refractivity contribution in [3.05, 3.63) is 39.8 Å². The monoisotopic (exact) mass is 393 g/mol. The van der Waals surface area contributed by atoms with Gasteiger partial charge in [-0.2, -0.15) is 17.9 Å². The standard InChI is InChI=1S/C14H8Cl2F3N3O3/c15-10-3-6(4-11(16)21-10)9-5-7-8(1-2-20-12(7)23)22(9)25-13(24)14(17,18)19/h3-5H,1-2H2,(H,20,23). The highest BCUT2D eigenvalue weighted by molar-refractivity contribution is 6.32. The van der Waals surface area contributed by atoms with Gasteiger partial charge in [-0.15, -0.1) is 0 Å². The molecule has 0 atom stereocenters. The second-order valence-electron chi connectivity index (χ2n) is 5.07. The first kappa shape index (κ1) is 17.6. The Bertz CT molecular complexity index is 860. The number of pyridine rings is 1. The Hall–Kier alpha value is -2.26. The van der Waals surface area contributed by atoms with Gasteiger partial charge in [0.2, 0.25) is 0 Å². The van der Waals surface area contributed by atoms with Gasteiger partial charge in [0.25, 0.3) is 5.91 Å². The van der Waals surface area contributed by atoms with Gasteiger partial charge in [-0.25, -0.2) is 9.78 Å². The van der Waals surface area contributed by atoms with Crippen LogP contribution >= 0.6 is 23.2 Å². The average Bonchev–Trinajstić information content (AvgIpc) is 2.85. The summed E-state index contributed by atoms with van der Waals surface area (Å²) in [7, 11) is 0. The molecule has 1 aliphatic heterocycles. The van der Waals surface area contributed by atoms with Crippen molar-refractivity contribution in [3.8, 4) is 11.3 Å². The molecule has 0 fully saturated rings. The number of nitrogens with one attached hydrogen (secondary N) is 1. The van der Waals surface area contributed by atoms with Crippen molar-refractivity contribution in [3.63, 3.8) is 0 Å². The molecule has 6 nitrogen and oxygen atoms in total. The Morgan fingerprint density at radius 1 is 1.24 bits per heavy atom. The van der Waals surface area contributed by atoms with Crippen molar-refractivity contribution in [1.29, 1.82) is 0 Å². The van der Waals surface area contributed by atoms with E-state index in [0.29, 0.717) is 4.73 Å². The number of hydrogen-bond acceptors (Lipinski definition) is 4. The van der Waals surface area contributed by atoms with Crippen LogP contribution in [0, 0.1) is 0 Å². The summed E-state index contributed by atoms with van der Waals surface area (Å²) in [6.45, 7) is 0.191. The van der Waals surface area contributed by atoms with Crippen molar-refractivity contribution in [2.24, 2.45) is 0 Å². The third kappa shape index (κ3) is 3.42. The van der Waals surface area contributed by atoms with E-state index in [1.165, 1.54) is 18.2 Å². The first-order valence-corrected chi connectivity index (χ1v) is 7.58. The quantitative estimate of drug-likeness (QED) is 0.796. The number of nitrogens with zero attached hydrogens (tertiary/aromatic N) is 2. The van der Waals surface area contributed by atoms with Gasteiger partial charge in [-0.3, -0.25) is 4.79 Å². The van der Waals surface area contributed by atoms with E-state index in [0.717, 1.165) is 0 Å². The molecule has 3 rings (SSSR count). The Morgan fingerprint density at radius 2 is 1.88 bits per heavy atom. The van der Waals surface area contributed by atoms with Crippen LogP contribution in [0.4, 0.5) is 13.2 Å². The maximum Gasteiger partial charge on any atom is 0.493 e. The van der Waals surface area contributed by atoms with Gasteiger partial charge in [-0.05, 0) is 18.2 Å². The fraction of sp³-hybridized carbons (Fsp3) is 0.214. The maximum absolute atomic E-state index is 12.6. The van der Waals surface area contributed by atoms with E-state index in [2.05, 4.69) is 15.1 Å². The molecule has 2 aromatic rings. The topological polar surface area (TPSA) is 73.2 Å².